The second-order valence-electron chi connectivity index (χ2n) is 3.84. The van der Waals surface area contributed by atoms with Crippen LogP contribution in [0.3, 0.4) is 0 Å². The van der Waals surface area contributed by atoms with Crippen LogP contribution in [0.25, 0.3) is 0 Å². The molecule has 0 fully saturated rings. The van der Waals surface area contributed by atoms with Crippen LogP contribution < -0.4 is 11.3 Å². The number of pyridine rings is 1. The Bertz CT molecular complexity index is 456. The summed E-state index contributed by atoms with van der Waals surface area (Å²) in [4.78, 5) is 4.10. The van der Waals surface area contributed by atoms with E-state index in [0.717, 1.165) is 10.9 Å². The van der Waals surface area contributed by atoms with Gasteiger partial charge in [-0.25, -0.2) is 0 Å². The Balaban J connectivity index is 2.14. The maximum atomic E-state index is 5.61. The van der Waals surface area contributed by atoms with E-state index in [-0.39, 0.29) is 6.04 Å². The third-order valence-electron chi connectivity index (χ3n) is 2.64. The summed E-state index contributed by atoms with van der Waals surface area (Å²) in [6.07, 6.45) is 4.46. The predicted octanol–water partition coefficient (Wildman–Crippen LogP) is 2.59. The molecule has 0 bridgehead atoms. The number of nitrogens with zero attached hydrogens (tertiary/aromatic N) is 1. The smallest absolute Gasteiger partial charge is 0.0500 e. The summed E-state index contributed by atoms with van der Waals surface area (Å²) in [5.41, 5.74) is 5.17. The van der Waals surface area contributed by atoms with Crippen molar-refractivity contribution in [3.05, 3.63) is 64.4 Å². The number of rotatable bonds is 4. The Hall–Kier alpha value is -1.23. The summed E-state index contributed by atoms with van der Waals surface area (Å²) in [5.74, 6) is 5.61. The van der Waals surface area contributed by atoms with E-state index in [1.165, 1.54) is 11.1 Å². The molecule has 0 radical (unpaired) electrons. The number of hydrogen-bond donors (Lipinski definition) is 2. The van der Waals surface area contributed by atoms with E-state index in [2.05, 4.69) is 44.5 Å². The molecule has 0 spiro atoms. The topological polar surface area (TPSA) is 50.9 Å². The lowest BCUT2D eigenvalue weighted by Crippen LogP contribution is -2.29. The molecule has 2 rings (SSSR count). The van der Waals surface area contributed by atoms with Crippen LogP contribution >= 0.6 is 15.9 Å². The van der Waals surface area contributed by atoms with Gasteiger partial charge in [-0.1, -0.05) is 34.1 Å². The van der Waals surface area contributed by atoms with E-state index in [1.54, 1.807) is 6.20 Å². The molecule has 0 aliphatic carbocycles. The van der Waals surface area contributed by atoms with E-state index < -0.39 is 0 Å². The fourth-order valence-electron chi connectivity index (χ4n) is 1.72. The quantitative estimate of drug-likeness (QED) is 0.672. The molecule has 0 saturated carbocycles. The molecular weight excluding hydrogens is 278 g/mol. The van der Waals surface area contributed by atoms with Crippen molar-refractivity contribution < 1.29 is 0 Å². The molecule has 1 heterocycles. The van der Waals surface area contributed by atoms with Gasteiger partial charge in [0.15, 0.2) is 0 Å². The highest BCUT2D eigenvalue weighted by Gasteiger charge is 2.10. The van der Waals surface area contributed by atoms with E-state index in [0.29, 0.717) is 0 Å². The summed E-state index contributed by atoms with van der Waals surface area (Å²) >= 11 is 3.42. The lowest BCUT2D eigenvalue weighted by atomic mass is 10.0. The van der Waals surface area contributed by atoms with Crippen molar-refractivity contribution in [2.24, 2.45) is 5.84 Å². The molecule has 1 aromatic carbocycles. The van der Waals surface area contributed by atoms with Gasteiger partial charge in [-0.15, -0.1) is 0 Å². The van der Waals surface area contributed by atoms with Gasteiger partial charge in [-0.3, -0.25) is 16.3 Å². The number of nitrogens with two attached hydrogens (primary N) is 1. The molecule has 0 aliphatic rings. The second-order valence-corrected chi connectivity index (χ2v) is 4.75. The number of benzene rings is 1. The summed E-state index contributed by atoms with van der Waals surface area (Å²) in [5, 5.41) is 0. The highest BCUT2D eigenvalue weighted by atomic mass is 79.9. The maximum Gasteiger partial charge on any atom is 0.0500 e. The zero-order valence-electron chi connectivity index (χ0n) is 9.31. The molecule has 3 nitrogen and oxygen atoms in total. The monoisotopic (exact) mass is 291 g/mol. The maximum absolute atomic E-state index is 5.61. The highest BCUT2D eigenvalue weighted by Crippen LogP contribution is 2.19. The molecule has 0 saturated heterocycles. The van der Waals surface area contributed by atoms with Crippen molar-refractivity contribution in [2.45, 2.75) is 12.5 Å². The summed E-state index contributed by atoms with van der Waals surface area (Å²) in [6.45, 7) is 0. The van der Waals surface area contributed by atoms with Crippen molar-refractivity contribution in [1.29, 1.82) is 0 Å². The van der Waals surface area contributed by atoms with Crippen molar-refractivity contribution in [2.75, 3.05) is 0 Å². The average Bonchev–Trinajstić information content (AvgIpc) is 2.38. The molecule has 17 heavy (non-hydrogen) atoms. The minimum absolute atomic E-state index is 0.104. The van der Waals surface area contributed by atoms with Crippen LogP contribution in [-0.2, 0) is 6.42 Å². The van der Waals surface area contributed by atoms with Gasteiger partial charge in [0.2, 0.25) is 0 Å². The Kier molecular flexibility index (Phi) is 4.25. The number of hydrazine groups is 1. The molecule has 1 atom stereocenters. The van der Waals surface area contributed by atoms with E-state index in [9.17, 15) is 0 Å². The van der Waals surface area contributed by atoms with Gasteiger partial charge in [0, 0.05) is 16.9 Å². The number of halogens is 1. The fraction of sp³-hybridized carbons (Fsp3) is 0.154. The van der Waals surface area contributed by atoms with E-state index >= 15 is 0 Å². The van der Waals surface area contributed by atoms with E-state index in [4.69, 9.17) is 5.84 Å². The number of aromatic nitrogens is 1. The lowest BCUT2D eigenvalue weighted by molar-refractivity contribution is 0.551. The highest BCUT2D eigenvalue weighted by molar-refractivity contribution is 9.10. The van der Waals surface area contributed by atoms with Gasteiger partial charge in [0.05, 0.1) is 6.04 Å². The summed E-state index contributed by atoms with van der Waals surface area (Å²) in [7, 11) is 0. The number of nitrogens with one attached hydrogen (secondary N) is 1. The van der Waals surface area contributed by atoms with Crippen LogP contribution in [0.2, 0.25) is 0 Å². The Morgan fingerprint density at radius 3 is 2.59 bits per heavy atom. The predicted molar refractivity (Wildman–Crippen MR) is 72.1 cm³/mol. The zero-order chi connectivity index (χ0) is 12.1. The standard InChI is InChI=1S/C13H14BrN3/c14-12-5-3-11(4-6-12)13(17-15)8-10-2-1-7-16-9-10/h1-7,9,13,17H,8,15H2. The number of hydrogen-bond acceptors (Lipinski definition) is 3. The van der Waals surface area contributed by atoms with Crippen molar-refractivity contribution >= 4 is 15.9 Å². The molecule has 0 amide bonds. The SMILES string of the molecule is NNC(Cc1cccnc1)c1ccc(Br)cc1. The van der Waals surface area contributed by atoms with Gasteiger partial charge in [0.1, 0.15) is 0 Å². The first kappa shape index (κ1) is 12.2. The Morgan fingerprint density at radius 1 is 1.24 bits per heavy atom. The molecule has 0 aliphatic heterocycles. The first-order valence-electron chi connectivity index (χ1n) is 5.40. The summed E-state index contributed by atoms with van der Waals surface area (Å²) in [6, 6.07) is 12.2. The second kappa shape index (κ2) is 5.91. The summed E-state index contributed by atoms with van der Waals surface area (Å²) < 4.78 is 1.07. The van der Waals surface area contributed by atoms with E-state index in [1.807, 2.05) is 24.4 Å². The van der Waals surface area contributed by atoms with Crippen molar-refractivity contribution in [3.63, 3.8) is 0 Å². The van der Waals surface area contributed by atoms with Gasteiger partial charge < -0.3 is 0 Å². The minimum Gasteiger partial charge on any atom is -0.271 e. The first-order valence-corrected chi connectivity index (χ1v) is 6.19. The third-order valence-corrected chi connectivity index (χ3v) is 3.16. The van der Waals surface area contributed by atoms with Crippen LogP contribution in [0.5, 0.6) is 0 Å². The van der Waals surface area contributed by atoms with Crippen LogP contribution in [0.15, 0.2) is 53.3 Å². The van der Waals surface area contributed by atoms with Crippen molar-refractivity contribution in [1.82, 2.24) is 10.4 Å². The van der Waals surface area contributed by atoms with Gasteiger partial charge in [-0.2, -0.15) is 0 Å². The average molecular weight is 292 g/mol. The van der Waals surface area contributed by atoms with Crippen molar-refractivity contribution in [3.8, 4) is 0 Å². The Labute approximate surface area is 109 Å². The normalized spacial score (nSPS) is 12.4. The lowest BCUT2D eigenvalue weighted by Gasteiger charge is -2.16. The third kappa shape index (κ3) is 3.36. The molecule has 1 aromatic heterocycles. The molecule has 88 valence electrons. The van der Waals surface area contributed by atoms with Crippen LogP contribution in [-0.4, -0.2) is 4.98 Å². The van der Waals surface area contributed by atoms with Crippen LogP contribution in [0.1, 0.15) is 17.2 Å². The molecule has 4 heteroatoms. The minimum atomic E-state index is 0.104. The first-order chi connectivity index (χ1) is 8.29. The molecular formula is C13H14BrN3. The molecule has 2 aromatic rings. The largest absolute Gasteiger partial charge is 0.271 e. The zero-order valence-corrected chi connectivity index (χ0v) is 10.9. The van der Waals surface area contributed by atoms with Gasteiger partial charge in [-0.05, 0) is 35.7 Å². The van der Waals surface area contributed by atoms with Gasteiger partial charge in [0.25, 0.3) is 0 Å². The fourth-order valence-corrected chi connectivity index (χ4v) is 1.99. The molecule has 3 N–H and O–H groups in total. The molecule has 1 unspecified atom stereocenters. The van der Waals surface area contributed by atoms with Crippen LogP contribution in [0.4, 0.5) is 0 Å². The van der Waals surface area contributed by atoms with Crippen LogP contribution in [0, 0.1) is 0 Å². The van der Waals surface area contributed by atoms with Gasteiger partial charge >= 0.3 is 0 Å². The Morgan fingerprint density at radius 2 is 2.00 bits per heavy atom.